The molecule has 7 heteroatoms. The van der Waals surface area contributed by atoms with E-state index >= 15 is 0 Å². The number of rotatable bonds is 6. The normalized spacial score (nSPS) is 10.4. The molecular weight excluding hydrogens is 352 g/mol. The highest BCUT2D eigenvalue weighted by atomic mass is 19.1. The predicted molar refractivity (Wildman–Crippen MR) is 94.9 cm³/mol. The Hall–Kier alpha value is -3.37. The largest absolute Gasteiger partial charge is 0.473 e. The molecule has 0 saturated carbocycles. The molecule has 136 valence electrons. The van der Waals surface area contributed by atoms with Crippen LogP contribution < -0.4 is 4.74 Å². The van der Waals surface area contributed by atoms with Gasteiger partial charge < -0.3 is 9.47 Å². The summed E-state index contributed by atoms with van der Waals surface area (Å²) >= 11 is 0. The van der Waals surface area contributed by atoms with Crippen LogP contribution in [0.5, 0.6) is 5.88 Å². The maximum absolute atomic E-state index is 13.3. The Balaban J connectivity index is 2.16. The molecule has 27 heavy (non-hydrogen) atoms. The molecule has 0 spiro atoms. The Morgan fingerprint density at radius 2 is 1.37 bits per heavy atom. The fraction of sp³-hybridized carbons (Fsp3) is 0.150. The third-order valence-corrected chi connectivity index (χ3v) is 3.73. The van der Waals surface area contributed by atoms with Crippen molar-refractivity contribution in [2.24, 2.45) is 0 Å². The van der Waals surface area contributed by atoms with Gasteiger partial charge in [-0.25, -0.2) is 18.7 Å². The van der Waals surface area contributed by atoms with Crippen LogP contribution >= 0.6 is 0 Å². The first-order valence-electron chi connectivity index (χ1n) is 8.08. The molecule has 0 N–H and O–H groups in total. The maximum Gasteiger partial charge on any atom is 0.251 e. The number of nitrogens with zero attached hydrogens (tertiary/aromatic N) is 3. The highest BCUT2D eigenvalue weighted by Crippen LogP contribution is 2.32. The molecule has 0 unspecified atom stereocenters. The van der Waals surface area contributed by atoms with E-state index in [1.807, 2.05) is 6.07 Å². The quantitative estimate of drug-likeness (QED) is 0.617. The number of hydrogen-bond acceptors (Lipinski definition) is 5. The lowest BCUT2D eigenvalue weighted by Gasteiger charge is -2.13. The Morgan fingerprint density at radius 3 is 1.85 bits per heavy atom. The van der Waals surface area contributed by atoms with E-state index < -0.39 is 5.82 Å². The maximum atomic E-state index is 13.3. The summed E-state index contributed by atoms with van der Waals surface area (Å²) in [6, 6.07) is 13.3. The SMILES string of the molecule is COCCOc1nc(-c2ccc(F)cc2)c(-c2ccc(F)cc2)nc1C#N. The van der Waals surface area contributed by atoms with Crippen LogP contribution in [0, 0.1) is 23.0 Å². The fourth-order valence-corrected chi connectivity index (χ4v) is 2.43. The average Bonchev–Trinajstić information content (AvgIpc) is 2.69. The molecule has 5 nitrogen and oxygen atoms in total. The molecule has 0 radical (unpaired) electrons. The lowest BCUT2D eigenvalue weighted by molar-refractivity contribution is 0.143. The first-order valence-corrected chi connectivity index (χ1v) is 8.08. The van der Waals surface area contributed by atoms with Crippen LogP contribution in [-0.2, 0) is 4.74 Å². The molecule has 1 aromatic heterocycles. The summed E-state index contributed by atoms with van der Waals surface area (Å²) in [5.41, 5.74) is 1.93. The van der Waals surface area contributed by atoms with Gasteiger partial charge in [0.05, 0.1) is 12.3 Å². The van der Waals surface area contributed by atoms with Crippen LogP contribution in [0.2, 0.25) is 0 Å². The van der Waals surface area contributed by atoms with Crippen molar-refractivity contribution < 1.29 is 18.3 Å². The third kappa shape index (κ3) is 4.25. The van der Waals surface area contributed by atoms with Gasteiger partial charge in [-0.15, -0.1) is 0 Å². The second-order valence-corrected chi connectivity index (χ2v) is 5.54. The minimum Gasteiger partial charge on any atom is -0.473 e. The Labute approximate surface area is 154 Å². The summed E-state index contributed by atoms with van der Waals surface area (Å²) < 4.78 is 37.1. The van der Waals surface area contributed by atoms with Crippen molar-refractivity contribution in [2.75, 3.05) is 20.3 Å². The highest BCUT2D eigenvalue weighted by molar-refractivity contribution is 5.78. The van der Waals surface area contributed by atoms with E-state index in [0.717, 1.165) is 0 Å². The van der Waals surface area contributed by atoms with Crippen molar-refractivity contribution in [2.45, 2.75) is 0 Å². The first kappa shape index (κ1) is 18.4. The molecule has 0 bridgehead atoms. The molecule has 0 aliphatic carbocycles. The monoisotopic (exact) mass is 367 g/mol. The van der Waals surface area contributed by atoms with Crippen molar-refractivity contribution >= 4 is 0 Å². The van der Waals surface area contributed by atoms with Crippen LogP contribution in [0.3, 0.4) is 0 Å². The second-order valence-electron chi connectivity index (χ2n) is 5.54. The van der Waals surface area contributed by atoms with Gasteiger partial charge in [0, 0.05) is 18.2 Å². The number of hydrogen-bond donors (Lipinski definition) is 0. The van der Waals surface area contributed by atoms with E-state index in [0.29, 0.717) is 29.1 Å². The van der Waals surface area contributed by atoms with E-state index in [4.69, 9.17) is 9.47 Å². The molecule has 0 fully saturated rings. The molecule has 0 aliphatic rings. The van der Waals surface area contributed by atoms with Gasteiger partial charge in [-0.3, -0.25) is 0 Å². The molecule has 0 saturated heterocycles. The number of methoxy groups -OCH3 is 1. The lowest BCUT2D eigenvalue weighted by atomic mass is 10.0. The number of benzene rings is 2. The standard InChI is InChI=1S/C20H15F2N3O2/c1-26-10-11-27-20-17(12-23)24-18(13-2-6-15(21)7-3-13)19(25-20)14-4-8-16(22)9-5-14/h2-9H,10-11H2,1H3. The Morgan fingerprint density at radius 1 is 0.852 bits per heavy atom. The van der Waals surface area contributed by atoms with Gasteiger partial charge in [0.2, 0.25) is 5.69 Å². The van der Waals surface area contributed by atoms with Crippen molar-refractivity contribution in [3.05, 3.63) is 65.9 Å². The summed E-state index contributed by atoms with van der Waals surface area (Å²) in [5, 5.41) is 9.41. The summed E-state index contributed by atoms with van der Waals surface area (Å²) in [5.74, 6) is -0.727. The van der Waals surface area contributed by atoms with Gasteiger partial charge in [-0.1, -0.05) is 0 Å². The van der Waals surface area contributed by atoms with Gasteiger partial charge in [0.25, 0.3) is 5.88 Å². The summed E-state index contributed by atoms with van der Waals surface area (Å²) in [7, 11) is 1.53. The second kappa shape index (κ2) is 8.34. The van der Waals surface area contributed by atoms with E-state index in [2.05, 4.69) is 9.97 Å². The van der Waals surface area contributed by atoms with Crippen LogP contribution in [-0.4, -0.2) is 30.3 Å². The third-order valence-electron chi connectivity index (χ3n) is 3.73. The zero-order chi connectivity index (χ0) is 19.2. The zero-order valence-corrected chi connectivity index (χ0v) is 14.4. The smallest absolute Gasteiger partial charge is 0.251 e. The number of aromatic nitrogens is 2. The van der Waals surface area contributed by atoms with Gasteiger partial charge in [-0.2, -0.15) is 5.26 Å². The molecule has 0 atom stereocenters. The van der Waals surface area contributed by atoms with Crippen molar-refractivity contribution in [1.29, 1.82) is 5.26 Å². The molecule has 0 aliphatic heterocycles. The summed E-state index contributed by atoms with van der Waals surface area (Å²) in [4.78, 5) is 8.80. The topological polar surface area (TPSA) is 68.0 Å². The van der Waals surface area contributed by atoms with Crippen molar-refractivity contribution in [3.8, 4) is 34.5 Å². The lowest BCUT2D eigenvalue weighted by Crippen LogP contribution is -2.09. The molecule has 2 aromatic carbocycles. The number of ether oxygens (including phenoxy) is 2. The Kier molecular flexibility index (Phi) is 5.69. The zero-order valence-electron chi connectivity index (χ0n) is 14.4. The molecular formula is C20H15F2N3O2. The number of nitriles is 1. The summed E-state index contributed by atoms with van der Waals surface area (Å²) in [6.45, 7) is 0.511. The molecule has 3 aromatic rings. The van der Waals surface area contributed by atoms with Crippen LogP contribution in [0.15, 0.2) is 48.5 Å². The first-order chi connectivity index (χ1) is 13.1. The van der Waals surface area contributed by atoms with E-state index in [9.17, 15) is 14.0 Å². The molecule has 1 heterocycles. The average molecular weight is 367 g/mol. The van der Waals surface area contributed by atoms with Crippen molar-refractivity contribution in [3.63, 3.8) is 0 Å². The summed E-state index contributed by atoms with van der Waals surface area (Å²) in [6.07, 6.45) is 0. The van der Waals surface area contributed by atoms with E-state index in [1.54, 1.807) is 24.3 Å². The minimum atomic E-state index is -0.393. The Bertz CT molecular complexity index is 968. The van der Waals surface area contributed by atoms with Gasteiger partial charge >= 0.3 is 0 Å². The fourth-order valence-electron chi connectivity index (χ4n) is 2.43. The van der Waals surface area contributed by atoms with Crippen LogP contribution in [0.25, 0.3) is 22.5 Å². The van der Waals surface area contributed by atoms with Crippen LogP contribution in [0.1, 0.15) is 5.69 Å². The van der Waals surface area contributed by atoms with E-state index in [-0.39, 0.29) is 24.0 Å². The molecule has 0 amide bonds. The van der Waals surface area contributed by atoms with Crippen LogP contribution in [0.4, 0.5) is 8.78 Å². The van der Waals surface area contributed by atoms with Gasteiger partial charge in [-0.05, 0) is 48.5 Å². The number of halogens is 2. The predicted octanol–water partition coefficient (Wildman–Crippen LogP) is 3.99. The highest BCUT2D eigenvalue weighted by Gasteiger charge is 2.18. The van der Waals surface area contributed by atoms with Gasteiger partial charge in [0.1, 0.15) is 30.0 Å². The van der Waals surface area contributed by atoms with E-state index in [1.165, 1.54) is 31.4 Å². The minimum absolute atomic E-state index is 0.00344. The van der Waals surface area contributed by atoms with Crippen molar-refractivity contribution in [1.82, 2.24) is 9.97 Å². The van der Waals surface area contributed by atoms with Gasteiger partial charge in [0.15, 0.2) is 0 Å². The molecule has 3 rings (SSSR count).